The Hall–Kier alpha value is -2.46. The number of amides is 3. The van der Waals surface area contributed by atoms with E-state index in [0.717, 1.165) is 23.4 Å². The molecule has 1 saturated heterocycles. The average molecular weight is 477 g/mol. The summed E-state index contributed by atoms with van der Waals surface area (Å²) < 4.78 is 5.47. The van der Waals surface area contributed by atoms with Gasteiger partial charge < -0.3 is 19.9 Å². The van der Waals surface area contributed by atoms with Crippen LogP contribution in [0.25, 0.3) is 0 Å². The SMILES string of the molecule is CC(C)(C)OC(=O)N1CCc2nc(NC(=O)C3CCCN(C(=O)c4cccs4)C3)sc2C1. The number of carbonyl (C=O) groups excluding carboxylic acids is 3. The Kier molecular flexibility index (Phi) is 6.52. The van der Waals surface area contributed by atoms with Crippen LogP contribution in [0.5, 0.6) is 0 Å². The monoisotopic (exact) mass is 476 g/mol. The molecule has 4 heterocycles. The zero-order valence-electron chi connectivity index (χ0n) is 18.6. The van der Waals surface area contributed by atoms with Crippen LogP contribution >= 0.6 is 22.7 Å². The predicted octanol–water partition coefficient (Wildman–Crippen LogP) is 3.99. The summed E-state index contributed by atoms with van der Waals surface area (Å²) >= 11 is 2.82. The maximum absolute atomic E-state index is 12.9. The zero-order chi connectivity index (χ0) is 22.9. The van der Waals surface area contributed by atoms with Crippen molar-refractivity contribution in [3.63, 3.8) is 0 Å². The number of carbonyl (C=O) groups is 3. The fourth-order valence-corrected chi connectivity index (χ4v) is 5.59. The highest BCUT2D eigenvalue weighted by Crippen LogP contribution is 2.30. The summed E-state index contributed by atoms with van der Waals surface area (Å²) in [6.45, 7) is 7.61. The first-order valence-electron chi connectivity index (χ1n) is 10.8. The summed E-state index contributed by atoms with van der Waals surface area (Å²) in [5.74, 6) is -0.375. The van der Waals surface area contributed by atoms with Crippen LogP contribution in [0.4, 0.5) is 9.93 Å². The van der Waals surface area contributed by atoms with Gasteiger partial charge in [-0.1, -0.05) is 17.4 Å². The lowest BCUT2D eigenvalue weighted by molar-refractivity contribution is -0.121. The van der Waals surface area contributed by atoms with Gasteiger partial charge in [-0.25, -0.2) is 9.78 Å². The number of hydrogen-bond acceptors (Lipinski definition) is 7. The van der Waals surface area contributed by atoms with E-state index < -0.39 is 5.60 Å². The Labute approximate surface area is 195 Å². The second-order valence-electron chi connectivity index (χ2n) is 9.10. The van der Waals surface area contributed by atoms with Crippen molar-refractivity contribution < 1.29 is 19.1 Å². The lowest BCUT2D eigenvalue weighted by atomic mass is 9.97. The van der Waals surface area contributed by atoms with Crippen LogP contribution in [0.15, 0.2) is 17.5 Å². The van der Waals surface area contributed by atoms with Gasteiger partial charge in [0.05, 0.1) is 23.0 Å². The first-order chi connectivity index (χ1) is 15.2. The summed E-state index contributed by atoms with van der Waals surface area (Å²) in [5.41, 5.74) is 0.381. The van der Waals surface area contributed by atoms with Crippen LogP contribution in [0, 0.1) is 5.92 Å². The molecule has 0 saturated carbocycles. The minimum Gasteiger partial charge on any atom is -0.444 e. The molecule has 0 aliphatic carbocycles. The van der Waals surface area contributed by atoms with Crippen molar-refractivity contribution in [2.45, 2.75) is 52.2 Å². The van der Waals surface area contributed by atoms with Gasteiger partial charge >= 0.3 is 6.09 Å². The van der Waals surface area contributed by atoms with Gasteiger partial charge in [0.2, 0.25) is 5.91 Å². The molecule has 2 aliphatic rings. The molecule has 2 aliphatic heterocycles. The van der Waals surface area contributed by atoms with Gasteiger partial charge in [0.15, 0.2) is 5.13 Å². The number of ether oxygens (including phenoxy) is 1. The van der Waals surface area contributed by atoms with Crippen LogP contribution in [-0.4, -0.2) is 57.9 Å². The van der Waals surface area contributed by atoms with E-state index in [0.29, 0.717) is 42.6 Å². The van der Waals surface area contributed by atoms with Crippen molar-refractivity contribution in [1.29, 1.82) is 0 Å². The molecule has 32 heavy (non-hydrogen) atoms. The Morgan fingerprint density at radius 2 is 2.03 bits per heavy atom. The minimum atomic E-state index is -0.539. The number of aromatic nitrogens is 1. The van der Waals surface area contributed by atoms with Gasteiger partial charge in [0.25, 0.3) is 5.91 Å². The predicted molar refractivity (Wildman–Crippen MR) is 124 cm³/mol. The van der Waals surface area contributed by atoms with Crippen molar-refractivity contribution in [2.75, 3.05) is 25.0 Å². The molecule has 3 amide bonds. The van der Waals surface area contributed by atoms with Gasteiger partial charge in [-0.3, -0.25) is 9.59 Å². The van der Waals surface area contributed by atoms with Crippen LogP contribution in [0.1, 0.15) is 53.9 Å². The highest BCUT2D eigenvalue weighted by molar-refractivity contribution is 7.15. The Bertz CT molecular complexity index is 996. The molecule has 10 heteroatoms. The van der Waals surface area contributed by atoms with Crippen molar-refractivity contribution in [3.8, 4) is 0 Å². The smallest absolute Gasteiger partial charge is 0.410 e. The van der Waals surface area contributed by atoms with E-state index in [9.17, 15) is 14.4 Å². The van der Waals surface area contributed by atoms with E-state index in [2.05, 4.69) is 10.3 Å². The molecule has 1 unspecified atom stereocenters. The van der Waals surface area contributed by atoms with Crippen molar-refractivity contribution in [2.24, 2.45) is 5.92 Å². The number of piperidine rings is 1. The molecule has 172 valence electrons. The van der Waals surface area contributed by atoms with Gasteiger partial charge in [0, 0.05) is 30.9 Å². The van der Waals surface area contributed by atoms with E-state index in [4.69, 9.17) is 4.74 Å². The summed E-state index contributed by atoms with van der Waals surface area (Å²) in [6.07, 6.45) is 1.85. The minimum absolute atomic E-state index is 0.00977. The second kappa shape index (κ2) is 9.19. The topological polar surface area (TPSA) is 91.8 Å². The third kappa shape index (κ3) is 5.29. The molecule has 1 N–H and O–H groups in total. The van der Waals surface area contributed by atoms with Gasteiger partial charge in [-0.2, -0.15) is 0 Å². The fourth-order valence-electron chi connectivity index (χ4n) is 3.87. The standard InChI is InChI=1S/C22H28N4O4S2/c1-22(2,3)30-21(29)26-10-8-15-17(13-26)32-20(23-15)24-18(27)14-6-4-9-25(12-14)19(28)16-7-5-11-31-16/h5,7,11,14H,4,6,8-10,12-13H2,1-3H3,(H,23,24,27). The summed E-state index contributed by atoms with van der Waals surface area (Å²) in [4.78, 5) is 47.6. The average Bonchev–Trinajstić information content (AvgIpc) is 3.41. The number of thiazole rings is 1. The number of nitrogens with one attached hydrogen (secondary N) is 1. The number of anilines is 1. The van der Waals surface area contributed by atoms with E-state index in [1.54, 1.807) is 9.80 Å². The number of likely N-dealkylation sites (tertiary alicyclic amines) is 1. The quantitative estimate of drug-likeness (QED) is 0.723. The lowest BCUT2D eigenvalue weighted by Gasteiger charge is -2.31. The third-order valence-corrected chi connectivity index (χ3v) is 7.28. The Balaban J connectivity index is 1.36. The van der Waals surface area contributed by atoms with Crippen LogP contribution in [0.2, 0.25) is 0 Å². The Morgan fingerprint density at radius 3 is 2.75 bits per heavy atom. The fraction of sp³-hybridized carbons (Fsp3) is 0.545. The first kappa shape index (κ1) is 22.7. The molecule has 1 fully saturated rings. The second-order valence-corrected chi connectivity index (χ2v) is 11.1. The molecular formula is C22H28N4O4S2. The molecule has 4 rings (SSSR count). The number of thiophene rings is 1. The molecule has 0 radical (unpaired) electrons. The van der Waals surface area contributed by atoms with Crippen molar-refractivity contribution in [3.05, 3.63) is 33.0 Å². The normalized spacial score (nSPS) is 18.8. The summed E-state index contributed by atoms with van der Waals surface area (Å²) in [7, 11) is 0. The first-order valence-corrected chi connectivity index (χ1v) is 12.5. The maximum atomic E-state index is 12.9. The number of nitrogens with zero attached hydrogens (tertiary/aromatic N) is 3. The molecule has 2 aromatic rings. The summed E-state index contributed by atoms with van der Waals surface area (Å²) in [5, 5.41) is 5.38. The zero-order valence-corrected chi connectivity index (χ0v) is 20.2. The number of rotatable bonds is 3. The van der Waals surface area contributed by atoms with Gasteiger partial charge in [-0.05, 0) is 45.1 Å². The number of hydrogen-bond donors (Lipinski definition) is 1. The highest BCUT2D eigenvalue weighted by atomic mass is 32.1. The van der Waals surface area contributed by atoms with Crippen molar-refractivity contribution >= 4 is 45.7 Å². The largest absolute Gasteiger partial charge is 0.444 e. The van der Waals surface area contributed by atoms with Crippen LogP contribution < -0.4 is 5.32 Å². The van der Waals surface area contributed by atoms with Crippen LogP contribution in [-0.2, 0) is 22.5 Å². The molecule has 2 aromatic heterocycles. The molecule has 1 atom stereocenters. The van der Waals surface area contributed by atoms with E-state index in [1.165, 1.54) is 22.7 Å². The van der Waals surface area contributed by atoms with Gasteiger partial charge in [0.1, 0.15) is 5.60 Å². The molecular weight excluding hydrogens is 448 g/mol. The van der Waals surface area contributed by atoms with E-state index in [1.807, 2.05) is 38.3 Å². The van der Waals surface area contributed by atoms with Crippen LogP contribution in [0.3, 0.4) is 0 Å². The van der Waals surface area contributed by atoms with E-state index in [-0.39, 0.29) is 23.8 Å². The molecule has 0 bridgehead atoms. The maximum Gasteiger partial charge on any atom is 0.410 e. The van der Waals surface area contributed by atoms with E-state index >= 15 is 0 Å². The summed E-state index contributed by atoms with van der Waals surface area (Å²) in [6, 6.07) is 3.68. The van der Waals surface area contributed by atoms with Gasteiger partial charge in [-0.15, -0.1) is 11.3 Å². The molecule has 0 aromatic carbocycles. The number of fused-ring (bicyclic) bond motifs is 1. The molecule has 0 spiro atoms. The van der Waals surface area contributed by atoms with Crippen molar-refractivity contribution in [1.82, 2.24) is 14.8 Å². The highest BCUT2D eigenvalue weighted by Gasteiger charge is 2.31. The molecule has 8 nitrogen and oxygen atoms in total. The Morgan fingerprint density at radius 1 is 1.22 bits per heavy atom. The lowest BCUT2D eigenvalue weighted by Crippen LogP contribution is -2.43. The third-order valence-electron chi connectivity index (χ3n) is 5.42.